The summed E-state index contributed by atoms with van der Waals surface area (Å²) in [6, 6.07) is 8.45. The van der Waals surface area contributed by atoms with Gasteiger partial charge >= 0.3 is 0 Å². The van der Waals surface area contributed by atoms with Crippen LogP contribution in [0.25, 0.3) is 0 Å². The molecule has 0 unspecified atom stereocenters. The molecule has 3 N–H and O–H groups in total. The molecule has 0 heterocycles. The Balaban J connectivity index is 2.43. The van der Waals surface area contributed by atoms with Gasteiger partial charge in [-0.2, -0.15) is 0 Å². The molecule has 14 heavy (non-hydrogen) atoms. The SMILES string of the molecule is Cc1ccc([C@H](N)CCCCO)cc1. The maximum absolute atomic E-state index is 8.65. The molecule has 2 nitrogen and oxygen atoms in total. The molecular weight excluding hydrogens is 174 g/mol. The number of benzene rings is 1. The van der Waals surface area contributed by atoms with Gasteiger partial charge in [0.05, 0.1) is 0 Å². The maximum atomic E-state index is 8.65. The average Bonchev–Trinajstić information content (AvgIpc) is 2.19. The van der Waals surface area contributed by atoms with Crippen molar-refractivity contribution in [3.05, 3.63) is 35.4 Å². The minimum absolute atomic E-state index is 0.113. The highest BCUT2D eigenvalue weighted by atomic mass is 16.2. The number of nitrogens with two attached hydrogens (primary N) is 1. The van der Waals surface area contributed by atoms with Crippen LogP contribution < -0.4 is 5.73 Å². The zero-order valence-corrected chi connectivity index (χ0v) is 8.74. The molecular formula is C12H19NO. The molecule has 0 spiro atoms. The van der Waals surface area contributed by atoms with Crippen molar-refractivity contribution in [2.75, 3.05) is 6.61 Å². The van der Waals surface area contributed by atoms with Gasteiger partial charge in [-0.1, -0.05) is 29.8 Å². The van der Waals surface area contributed by atoms with Crippen molar-refractivity contribution in [2.24, 2.45) is 5.73 Å². The van der Waals surface area contributed by atoms with Crippen LogP contribution in [0.3, 0.4) is 0 Å². The average molecular weight is 193 g/mol. The van der Waals surface area contributed by atoms with E-state index in [-0.39, 0.29) is 12.6 Å². The first-order valence-electron chi connectivity index (χ1n) is 5.17. The van der Waals surface area contributed by atoms with E-state index in [4.69, 9.17) is 10.8 Å². The van der Waals surface area contributed by atoms with Gasteiger partial charge in [-0.05, 0) is 31.7 Å². The number of aliphatic hydroxyl groups excluding tert-OH is 1. The van der Waals surface area contributed by atoms with E-state index in [0.717, 1.165) is 19.3 Å². The van der Waals surface area contributed by atoms with Crippen LogP contribution in [0.5, 0.6) is 0 Å². The van der Waals surface area contributed by atoms with Crippen LogP contribution in [-0.4, -0.2) is 11.7 Å². The van der Waals surface area contributed by atoms with E-state index >= 15 is 0 Å². The van der Waals surface area contributed by atoms with Crippen molar-refractivity contribution in [1.29, 1.82) is 0 Å². The number of hydrogen-bond acceptors (Lipinski definition) is 2. The molecule has 1 aromatic carbocycles. The van der Waals surface area contributed by atoms with Gasteiger partial charge in [0.15, 0.2) is 0 Å². The molecule has 1 rings (SSSR count). The van der Waals surface area contributed by atoms with Crippen molar-refractivity contribution < 1.29 is 5.11 Å². The van der Waals surface area contributed by atoms with Crippen LogP contribution in [0.1, 0.15) is 36.4 Å². The van der Waals surface area contributed by atoms with Crippen molar-refractivity contribution in [3.63, 3.8) is 0 Å². The lowest BCUT2D eigenvalue weighted by molar-refractivity contribution is 0.281. The third-order valence-corrected chi connectivity index (χ3v) is 2.43. The Morgan fingerprint density at radius 3 is 2.43 bits per heavy atom. The molecule has 0 amide bonds. The lowest BCUT2D eigenvalue weighted by atomic mass is 10.0. The molecule has 0 saturated carbocycles. The summed E-state index contributed by atoms with van der Waals surface area (Å²) in [5, 5.41) is 8.65. The van der Waals surface area contributed by atoms with Gasteiger partial charge in [-0.3, -0.25) is 0 Å². The zero-order valence-electron chi connectivity index (χ0n) is 8.74. The number of aryl methyl sites for hydroxylation is 1. The van der Waals surface area contributed by atoms with Gasteiger partial charge in [0.2, 0.25) is 0 Å². The fourth-order valence-electron chi connectivity index (χ4n) is 1.46. The van der Waals surface area contributed by atoms with Crippen molar-refractivity contribution in [2.45, 2.75) is 32.2 Å². The monoisotopic (exact) mass is 193 g/mol. The second-order valence-electron chi connectivity index (χ2n) is 3.74. The van der Waals surface area contributed by atoms with E-state index in [1.165, 1.54) is 11.1 Å². The van der Waals surface area contributed by atoms with Crippen LogP contribution in [0.2, 0.25) is 0 Å². The van der Waals surface area contributed by atoms with Gasteiger partial charge in [0.25, 0.3) is 0 Å². The smallest absolute Gasteiger partial charge is 0.0431 e. The van der Waals surface area contributed by atoms with E-state index in [1.807, 2.05) is 0 Å². The van der Waals surface area contributed by atoms with Crippen LogP contribution in [0.4, 0.5) is 0 Å². The van der Waals surface area contributed by atoms with E-state index in [0.29, 0.717) is 0 Å². The van der Waals surface area contributed by atoms with Crippen LogP contribution in [0, 0.1) is 6.92 Å². The Hall–Kier alpha value is -0.860. The predicted molar refractivity (Wildman–Crippen MR) is 59.0 cm³/mol. The summed E-state index contributed by atoms with van der Waals surface area (Å²) >= 11 is 0. The summed E-state index contributed by atoms with van der Waals surface area (Å²) in [6.45, 7) is 2.34. The highest BCUT2D eigenvalue weighted by Gasteiger charge is 2.04. The minimum atomic E-state index is 0.113. The third kappa shape index (κ3) is 3.48. The third-order valence-electron chi connectivity index (χ3n) is 2.43. The standard InChI is InChI=1S/C12H19NO/c1-10-5-7-11(8-6-10)12(13)4-2-3-9-14/h5-8,12,14H,2-4,9,13H2,1H3/t12-/m1/s1. The topological polar surface area (TPSA) is 46.2 Å². The van der Waals surface area contributed by atoms with Gasteiger partial charge in [-0.25, -0.2) is 0 Å². The largest absolute Gasteiger partial charge is 0.396 e. The Morgan fingerprint density at radius 2 is 1.86 bits per heavy atom. The Labute approximate surface area is 85.8 Å². The van der Waals surface area contributed by atoms with Gasteiger partial charge in [0, 0.05) is 12.6 Å². The van der Waals surface area contributed by atoms with Gasteiger partial charge in [0.1, 0.15) is 0 Å². The highest BCUT2D eigenvalue weighted by Crippen LogP contribution is 2.16. The van der Waals surface area contributed by atoms with Crippen LogP contribution in [0.15, 0.2) is 24.3 Å². The number of rotatable bonds is 5. The number of aliphatic hydroxyl groups is 1. The van der Waals surface area contributed by atoms with E-state index < -0.39 is 0 Å². The minimum Gasteiger partial charge on any atom is -0.396 e. The number of unbranched alkanes of at least 4 members (excludes halogenated alkanes) is 1. The molecule has 0 aliphatic rings. The number of hydrogen-bond donors (Lipinski definition) is 2. The fraction of sp³-hybridized carbons (Fsp3) is 0.500. The molecule has 1 aromatic rings. The second kappa shape index (κ2) is 5.78. The molecule has 0 aromatic heterocycles. The van der Waals surface area contributed by atoms with E-state index in [9.17, 15) is 0 Å². The van der Waals surface area contributed by atoms with Crippen molar-refractivity contribution in [3.8, 4) is 0 Å². The Bertz CT molecular complexity index is 256. The molecule has 0 bridgehead atoms. The molecule has 2 heteroatoms. The normalized spacial score (nSPS) is 12.8. The molecule has 78 valence electrons. The first-order chi connectivity index (χ1) is 6.74. The van der Waals surface area contributed by atoms with Gasteiger partial charge < -0.3 is 10.8 Å². The first-order valence-corrected chi connectivity index (χ1v) is 5.17. The fourth-order valence-corrected chi connectivity index (χ4v) is 1.46. The Morgan fingerprint density at radius 1 is 1.21 bits per heavy atom. The van der Waals surface area contributed by atoms with Crippen molar-refractivity contribution >= 4 is 0 Å². The van der Waals surface area contributed by atoms with E-state index in [1.54, 1.807) is 0 Å². The van der Waals surface area contributed by atoms with Crippen molar-refractivity contribution in [1.82, 2.24) is 0 Å². The summed E-state index contributed by atoms with van der Waals surface area (Å²) in [4.78, 5) is 0. The van der Waals surface area contributed by atoms with E-state index in [2.05, 4.69) is 31.2 Å². The highest BCUT2D eigenvalue weighted by molar-refractivity contribution is 5.23. The lowest BCUT2D eigenvalue weighted by Crippen LogP contribution is -2.10. The summed E-state index contributed by atoms with van der Waals surface area (Å²) in [5.41, 5.74) is 8.45. The molecule has 0 aliphatic carbocycles. The summed E-state index contributed by atoms with van der Waals surface area (Å²) in [6.07, 6.45) is 2.79. The zero-order chi connectivity index (χ0) is 10.4. The maximum Gasteiger partial charge on any atom is 0.0431 e. The molecule has 0 saturated heterocycles. The molecule has 0 fully saturated rings. The summed E-state index contributed by atoms with van der Waals surface area (Å²) in [7, 11) is 0. The lowest BCUT2D eigenvalue weighted by Gasteiger charge is -2.11. The first kappa shape index (κ1) is 11.2. The van der Waals surface area contributed by atoms with Gasteiger partial charge in [-0.15, -0.1) is 0 Å². The molecule has 1 atom stereocenters. The quantitative estimate of drug-likeness (QED) is 0.704. The second-order valence-corrected chi connectivity index (χ2v) is 3.74. The molecule has 0 radical (unpaired) electrons. The summed E-state index contributed by atoms with van der Waals surface area (Å²) in [5.74, 6) is 0. The molecule has 0 aliphatic heterocycles. The Kier molecular flexibility index (Phi) is 4.63. The predicted octanol–water partition coefficient (Wildman–Crippen LogP) is 2.16. The van der Waals surface area contributed by atoms with Crippen LogP contribution >= 0.6 is 0 Å². The van der Waals surface area contributed by atoms with Crippen LogP contribution in [-0.2, 0) is 0 Å². The summed E-state index contributed by atoms with van der Waals surface area (Å²) < 4.78 is 0.